The Morgan fingerprint density at radius 2 is 1.58 bits per heavy atom. The summed E-state index contributed by atoms with van der Waals surface area (Å²) < 4.78 is 44.5. The van der Waals surface area contributed by atoms with Gasteiger partial charge in [0.1, 0.15) is 12.3 Å². The van der Waals surface area contributed by atoms with Crippen molar-refractivity contribution in [3.8, 4) is 16.9 Å². The summed E-state index contributed by atoms with van der Waals surface area (Å²) in [6.45, 7) is -0.0517. The monoisotopic (exact) mass is 430 g/mol. The number of benzene rings is 2. The molecule has 0 unspecified atom stereocenters. The van der Waals surface area contributed by atoms with Crippen molar-refractivity contribution < 1.29 is 22.7 Å². The quantitative estimate of drug-likeness (QED) is 0.589. The van der Waals surface area contributed by atoms with Gasteiger partial charge in [-0.25, -0.2) is 0 Å². The van der Waals surface area contributed by atoms with Gasteiger partial charge in [0, 0.05) is 25.9 Å². The molecule has 31 heavy (non-hydrogen) atoms. The molecule has 0 N–H and O–H groups in total. The van der Waals surface area contributed by atoms with Crippen molar-refractivity contribution in [1.82, 2.24) is 9.47 Å². The van der Waals surface area contributed by atoms with Gasteiger partial charge in [0.15, 0.2) is 0 Å². The van der Waals surface area contributed by atoms with Crippen LogP contribution in [0.2, 0.25) is 0 Å². The van der Waals surface area contributed by atoms with Crippen LogP contribution < -0.4 is 10.3 Å². The highest BCUT2D eigenvalue weighted by Crippen LogP contribution is 2.29. The Morgan fingerprint density at radius 3 is 2.16 bits per heavy atom. The SMILES string of the molecule is COc1ccc(-c2ccc(=O)n(CC(=O)N(C)Cc3ccc(C(F)(F)F)cc3)c2)cc1. The molecule has 0 bridgehead atoms. The number of hydrogen-bond acceptors (Lipinski definition) is 3. The predicted molar refractivity (Wildman–Crippen MR) is 111 cm³/mol. The number of methoxy groups -OCH3 is 1. The number of hydrogen-bond donors (Lipinski definition) is 0. The van der Waals surface area contributed by atoms with E-state index in [0.29, 0.717) is 11.3 Å². The molecule has 1 heterocycles. The molecule has 0 radical (unpaired) electrons. The molecule has 0 fully saturated rings. The van der Waals surface area contributed by atoms with Gasteiger partial charge < -0.3 is 14.2 Å². The van der Waals surface area contributed by atoms with E-state index in [9.17, 15) is 22.8 Å². The average molecular weight is 430 g/mol. The first-order valence-corrected chi connectivity index (χ1v) is 9.42. The third-order valence-corrected chi connectivity index (χ3v) is 4.84. The lowest BCUT2D eigenvalue weighted by molar-refractivity contribution is -0.137. The number of aromatic nitrogens is 1. The van der Waals surface area contributed by atoms with Gasteiger partial charge in [-0.3, -0.25) is 9.59 Å². The fourth-order valence-electron chi connectivity index (χ4n) is 3.04. The molecule has 0 atom stereocenters. The zero-order chi connectivity index (χ0) is 22.6. The highest BCUT2D eigenvalue weighted by molar-refractivity contribution is 5.76. The Kier molecular flexibility index (Phi) is 6.48. The Morgan fingerprint density at radius 1 is 0.968 bits per heavy atom. The van der Waals surface area contributed by atoms with Crippen LogP contribution in [0.4, 0.5) is 13.2 Å². The Bertz CT molecular complexity index is 1100. The van der Waals surface area contributed by atoms with Crippen molar-refractivity contribution in [3.05, 3.63) is 88.3 Å². The van der Waals surface area contributed by atoms with Crippen LogP contribution in [0.1, 0.15) is 11.1 Å². The second-order valence-corrected chi connectivity index (χ2v) is 7.06. The molecule has 3 aromatic rings. The van der Waals surface area contributed by atoms with Crippen LogP contribution in [-0.2, 0) is 24.1 Å². The van der Waals surface area contributed by atoms with E-state index in [-0.39, 0.29) is 24.6 Å². The van der Waals surface area contributed by atoms with E-state index in [4.69, 9.17) is 4.74 Å². The summed E-state index contributed by atoms with van der Waals surface area (Å²) in [5, 5.41) is 0. The highest BCUT2D eigenvalue weighted by atomic mass is 19.4. The van der Waals surface area contributed by atoms with Gasteiger partial charge in [-0.05, 0) is 47.0 Å². The van der Waals surface area contributed by atoms with Crippen LogP contribution in [0.5, 0.6) is 5.75 Å². The van der Waals surface area contributed by atoms with Gasteiger partial charge >= 0.3 is 6.18 Å². The lowest BCUT2D eigenvalue weighted by Crippen LogP contribution is -2.33. The minimum atomic E-state index is -4.41. The summed E-state index contributed by atoms with van der Waals surface area (Å²) in [5.74, 6) is 0.367. The van der Waals surface area contributed by atoms with E-state index in [0.717, 1.165) is 23.3 Å². The van der Waals surface area contributed by atoms with Gasteiger partial charge in [0.05, 0.1) is 12.7 Å². The second-order valence-electron chi connectivity index (χ2n) is 7.06. The molecule has 0 aliphatic rings. The van der Waals surface area contributed by atoms with Crippen molar-refractivity contribution in [1.29, 1.82) is 0 Å². The minimum Gasteiger partial charge on any atom is -0.497 e. The van der Waals surface area contributed by atoms with E-state index in [1.165, 1.54) is 27.7 Å². The first-order chi connectivity index (χ1) is 14.7. The number of nitrogens with zero attached hydrogens (tertiary/aromatic N) is 2. The molecule has 0 spiro atoms. The summed E-state index contributed by atoms with van der Waals surface area (Å²) >= 11 is 0. The molecule has 1 aromatic heterocycles. The number of amides is 1. The molecular weight excluding hydrogens is 409 g/mol. The number of carbonyl (C=O) groups excluding carboxylic acids is 1. The van der Waals surface area contributed by atoms with Gasteiger partial charge in [0.25, 0.3) is 5.56 Å². The zero-order valence-electron chi connectivity index (χ0n) is 17.0. The van der Waals surface area contributed by atoms with Crippen LogP contribution in [0, 0.1) is 0 Å². The molecular formula is C23H21F3N2O3. The molecule has 0 aliphatic heterocycles. The van der Waals surface area contributed by atoms with E-state index in [1.807, 2.05) is 12.1 Å². The van der Waals surface area contributed by atoms with Crippen LogP contribution in [0.15, 0.2) is 71.7 Å². The topological polar surface area (TPSA) is 51.5 Å². The van der Waals surface area contributed by atoms with Gasteiger partial charge in [-0.15, -0.1) is 0 Å². The third kappa shape index (κ3) is 5.53. The van der Waals surface area contributed by atoms with E-state index in [1.54, 1.807) is 38.6 Å². The molecule has 0 aliphatic carbocycles. The number of carbonyl (C=O) groups is 1. The lowest BCUT2D eigenvalue weighted by atomic mass is 10.1. The summed E-state index contributed by atoms with van der Waals surface area (Å²) in [6, 6.07) is 15.0. The van der Waals surface area contributed by atoms with Gasteiger partial charge in [-0.1, -0.05) is 24.3 Å². The minimum absolute atomic E-state index is 0.129. The summed E-state index contributed by atoms with van der Waals surface area (Å²) in [5.41, 5.74) is 1.12. The molecule has 8 heteroatoms. The average Bonchev–Trinajstić information content (AvgIpc) is 2.75. The molecule has 1 amide bonds. The first kappa shape index (κ1) is 22.1. The summed E-state index contributed by atoms with van der Waals surface area (Å²) in [4.78, 5) is 26.2. The molecule has 0 saturated heterocycles. The van der Waals surface area contributed by atoms with E-state index in [2.05, 4.69) is 0 Å². The number of pyridine rings is 1. The predicted octanol–water partition coefficient (Wildman–Crippen LogP) is 4.20. The molecule has 2 aromatic carbocycles. The van der Waals surface area contributed by atoms with Crippen LogP contribution in [-0.4, -0.2) is 29.5 Å². The molecule has 162 valence electrons. The van der Waals surface area contributed by atoms with Crippen LogP contribution >= 0.6 is 0 Å². The maximum atomic E-state index is 12.7. The first-order valence-electron chi connectivity index (χ1n) is 9.42. The Hall–Kier alpha value is -3.55. The Labute approximate surface area is 177 Å². The third-order valence-electron chi connectivity index (χ3n) is 4.84. The maximum Gasteiger partial charge on any atom is 0.416 e. The largest absolute Gasteiger partial charge is 0.497 e. The molecule has 3 rings (SSSR count). The van der Waals surface area contributed by atoms with Crippen LogP contribution in [0.25, 0.3) is 11.1 Å². The second kappa shape index (κ2) is 9.07. The Balaban J connectivity index is 1.71. The normalized spacial score (nSPS) is 11.3. The van der Waals surface area contributed by atoms with Crippen molar-refractivity contribution in [2.45, 2.75) is 19.3 Å². The number of rotatable bonds is 6. The summed E-state index contributed by atoms with van der Waals surface area (Å²) in [6.07, 6.45) is -2.80. The van der Waals surface area contributed by atoms with Gasteiger partial charge in [-0.2, -0.15) is 13.2 Å². The standard InChI is InChI=1S/C23H21F3N2O3/c1-27(13-16-3-8-19(9-4-16)23(24,25)26)22(30)15-28-14-18(7-12-21(28)29)17-5-10-20(31-2)11-6-17/h3-12,14H,13,15H2,1-2H3. The van der Waals surface area contributed by atoms with Crippen molar-refractivity contribution >= 4 is 5.91 Å². The molecule has 0 saturated carbocycles. The summed E-state index contributed by atoms with van der Waals surface area (Å²) in [7, 11) is 3.11. The fourth-order valence-corrected chi connectivity index (χ4v) is 3.04. The highest BCUT2D eigenvalue weighted by Gasteiger charge is 2.30. The van der Waals surface area contributed by atoms with Crippen molar-refractivity contribution in [3.63, 3.8) is 0 Å². The van der Waals surface area contributed by atoms with Crippen molar-refractivity contribution in [2.24, 2.45) is 0 Å². The number of likely N-dealkylation sites (N-methyl/N-ethyl adjacent to an activating group) is 1. The van der Waals surface area contributed by atoms with Crippen LogP contribution in [0.3, 0.4) is 0 Å². The fraction of sp³-hybridized carbons (Fsp3) is 0.217. The van der Waals surface area contributed by atoms with E-state index >= 15 is 0 Å². The lowest BCUT2D eigenvalue weighted by Gasteiger charge is -2.19. The van der Waals surface area contributed by atoms with E-state index < -0.39 is 11.7 Å². The molecule has 5 nitrogen and oxygen atoms in total. The number of alkyl halides is 3. The number of halogens is 3. The van der Waals surface area contributed by atoms with Crippen molar-refractivity contribution in [2.75, 3.05) is 14.2 Å². The smallest absolute Gasteiger partial charge is 0.416 e. The maximum absolute atomic E-state index is 12.7. The van der Waals surface area contributed by atoms with Gasteiger partial charge in [0.2, 0.25) is 5.91 Å². The number of ether oxygens (including phenoxy) is 1. The zero-order valence-corrected chi connectivity index (χ0v) is 17.0.